The van der Waals surface area contributed by atoms with Gasteiger partial charge in [0.1, 0.15) is 6.61 Å². The van der Waals surface area contributed by atoms with Gasteiger partial charge >= 0.3 is 0 Å². The van der Waals surface area contributed by atoms with Gasteiger partial charge < -0.3 is 10.6 Å². The average molecular weight is 127 g/mol. The first-order chi connectivity index (χ1) is 4.43. The van der Waals surface area contributed by atoms with Crippen LogP contribution in [0.2, 0.25) is 0 Å². The Kier molecular flexibility index (Phi) is 2.09. The Labute approximate surface area is 53.2 Å². The smallest absolute Gasteiger partial charge is 0.129 e. The Morgan fingerprint density at radius 2 is 2.56 bits per heavy atom. The molecule has 1 rings (SSSR count). The van der Waals surface area contributed by atoms with Gasteiger partial charge in [-0.25, -0.2) is 0 Å². The van der Waals surface area contributed by atoms with Crippen LogP contribution in [0.15, 0.2) is 18.5 Å². The van der Waals surface area contributed by atoms with Crippen LogP contribution in [-0.4, -0.2) is 23.1 Å². The van der Waals surface area contributed by atoms with Gasteiger partial charge in [-0.1, -0.05) is 0 Å². The third-order valence-electron chi connectivity index (χ3n) is 0.822. The predicted molar refractivity (Wildman–Crippen MR) is 32.7 cm³/mol. The molecule has 0 fully saturated rings. The van der Waals surface area contributed by atoms with Crippen molar-refractivity contribution >= 4 is 0 Å². The molecule has 0 unspecified atom stereocenters. The van der Waals surface area contributed by atoms with Crippen LogP contribution in [0.5, 0.6) is 0 Å². The lowest BCUT2D eigenvalue weighted by molar-refractivity contribution is 0.0882. The summed E-state index contributed by atoms with van der Waals surface area (Å²) in [5.74, 6) is 0. The SMILES string of the molecule is NCCOn1cccn1. The summed E-state index contributed by atoms with van der Waals surface area (Å²) in [7, 11) is 0. The average Bonchev–Trinajstić information content (AvgIpc) is 2.34. The molecule has 4 heteroatoms. The number of hydrogen-bond acceptors (Lipinski definition) is 3. The minimum Gasteiger partial charge on any atom is -0.395 e. The minimum absolute atomic E-state index is 0.502. The van der Waals surface area contributed by atoms with Gasteiger partial charge in [0.15, 0.2) is 0 Å². The summed E-state index contributed by atoms with van der Waals surface area (Å²) in [5.41, 5.74) is 5.18. The second kappa shape index (κ2) is 3.09. The molecule has 0 aliphatic rings. The number of nitrogens with zero attached hydrogens (tertiary/aromatic N) is 2. The maximum absolute atomic E-state index is 5.18. The van der Waals surface area contributed by atoms with Crippen molar-refractivity contribution < 1.29 is 4.84 Å². The number of hydrogen-bond donors (Lipinski definition) is 1. The molecule has 4 nitrogen and oxygen atoms in total. The first-order valence-corrected chi connectivity index (χ1v) is 2.76. The molecule has 0 radical (unpaired) electrons. The topological polar surface area (TPSA) is 53.1 Å². The maximum Gasteiger partial charge on any atom is 0.129 e. The van der Waals surface area contributed by atoms with Crippen molar-refractivity contribution in [3.8, 4) is 0 Å². The number of nitrogens with two attached hydrogens (primary N) is 1. The molecule has 0 saturated heterocycles. The first kappa shape index (κ1) is 6.10. The Morgan fingerprint density at radius 3 is 3.11 bits per heavy atom. The van der Waals surface area contributed by atoms with E-state index in [1.165, 1.54) is 4.85 Å². The first-order valence-electron chi connectivity index (χ1n) is 2.76. The summed E-state index contributed by atoms with van der Waals surface area (Å²) in [4.78, 5) is 6.36. The lowest BCUT2D eigenvalue weighted by Gasteiger charge is -2.00. The van der Waals surface area contributed by atoms with Gasteiger partial charge in [0.2, 0.25) is 0 Å². The summed E-state index contributed by atoms with van der Waals surface area (Å²) >= 11 is 0. The Balaban J connectivity index is 2.30. The lowest BCUT2D eigenvalue weighted by Crippen LogP contribution is -2.19. The van der Waals surface area contributed by atoms with Crippen LogP contribution in [0.1, 0.15) is 0 Å². The number of aromatic nitrogens is 2. The van der Waals surface area contributed by atoms with Crippen molar-refractivity contribution in [3.63, 3.8) is 0 Å². The highest BCUT2D eigenvalue weighted by molar-refractivity contribution is 4.74. The third-order valence-corrected chi connectivity index (χ3v) is 0.822. The molecule has 2 N–H and O–H groups in total. The highest BCUT2D eigenvalue weighted by Crippen LogP contribution is 1.77. The van der Waals surface area contributed by atoms with Crippen molar-refractivity contribution in [2.45, 2.75) is 0 Å². The molecule has 1 heterocycles. The highest BCUT2D eigenvalue weighted by atomic mass is 16.7. The van der Waals surface area contributed by atoms with Crippen molar-refractivity contribution in [3.05, 3.63) is 18.5 Å². The van der Waals surface area contributed by atoms with Gasteiger partial charge in [-0.15, -0.1) is 9.94 Å². The van der Waals surface area contributed by atoms with Crippen LogP contribution < -0.4 is 10.6 Å². The van der Waals surface area contributed by atoms with E-state index in [4.69, 9.17) is 10.6 Å². The molecule has 50 valence electrons. The molecule has 0 amide bonds. The monoisotopic (exact) mass is 127 g/mol. The van der Waals surface area contributed by atoms with Gasteiger partial charge in [0.05, 0.1) is 12.4 Å². The zero-order valence-corrected chi connectivity index (χ0v) is 5.03. The molecule has 1 aromatic rings. The predicted octanol–water partition coefficient (Wildman–Crippen LogP) is -0.730. The lowest BCUT2D eigenvalue weighted by atomic mass is 10.7. The van der Waals surface area contributed by atoms with E-state index in [2.05, 4.69) is 5.10 Å². The summed E-state index contributed by atoms with van der Waals surface area (Å²) in [5, 5.41) is 3.79. The molecule has 0 aromatic carbocycles. The quantitative estimate of drug-likeness (QED) is 0.582. The van der Waals surface area contributed by atoms with Crippen molar-refractivity contribution in [1.82, 2.24) is 9.94 Å². The van der Waals surface area contributed by atoms with Crippen LogP contribution in [-0.2, 0) is 0 Å². The summed E-state index contributed by atoms with van der Waals surface area (Å²) < 4.78 is 0. The van der Waals surface area contributed by atoms with Gasteiger partial charge in [-0.05, 0) is 6.07 Å². The second-order valence-corrected chi connectivity index (χ2v) is 1.53. The van der Waals surface area contributed by atoms with E-state index in [0.29, 0.717) is 13.2 Å². The zero-order valence-electron chi connectivity index (χ0n) is 5.03. The van der Waals surface area contributed by atoms with Crippen LogP contribution in [0, 0.1) is 0 Å². The normalized spacial score (nSPS) is 9.44. The van der Waals surface area contributed by atoms with E-state index in [0.717, 1.165) is 0 Å². The molecule has 0 spiro atoms. The number of rotatable bonds is 3. The fourth-order valence-corrected chi connectivity index (χ4v) is 0.477. The van der Waals surface area contributed by atoms with Gasteiger partial charge in [0, 0.05) is 6.54 Å². The van der Waals surface area contributed by atoms with E-state index in [9.17, 15) is 0 Å². The van der Waals surface area contributed by atoms with Crippen LogP contribution in [0.3, 0.4) is 0 Å². The Hall–Kier alpha value is -1.03. The molecular formula is C5H9N3O. The molecule has 0 aliphatic heterocycles. The summed E-state index contributed by atoms with van der Waals surface area (Å²) in [6, 6.07) is 1.79. The zero-order chi connectivity index (χ0) is 6.53. The molecule has 9 heavy (non-hydrogen) atoms. The molecule has 1 aromatic heterocycles. The summed E-state index contributed by atoms with van der Waals surface area (Å²) in [6.07, 6.45) is 3.37. The van der Waals surface area contributed by atoms with E-state index < -0.39 is 0 Å². The largest absolute Gasteiger partial charge is 0.395 e. The van der Waals surface area contributed by atoms with Crippen molar-refractivity contribution in [1.29, 1.82) is 0 Å². The molecule has 0 saturated carbocycles. The molecule has 0 aliphatic carbocycles. The fraction of sp³-hybridized carbons (Fsp3) is 0.400. The third kappa shape index (κ3) is 1.73. The molecular weight excluding hydrogens is 118 g/mol. The minimum atomic E-state index is 0.502. The molecule has 0 atom stereocenters. The Bertz CT molecular complexity index is 149. The maximum atomic E-state index is 5.18. The van der Waals surface area contributed by atoms with E-state index in [1.54, 1.807) is 18.5 Å². The van der Waals surface area contributed by atoms with E-state index >= 15 is 0 Å². The van der Waals surface area contributed by atoms with Crippen LogP contribution in [0.4, 0.5) is 0 Å². The van der Waals surface area contributed by atoms with Crippen molar-refractivity contribution in [2.24, 2.45) is 5.73 Å². The second-order valence-electron chi connectivity index (χ2n) is 1.53. The van der Waals surface area contributed by atoms with Gasteiger partial charge in [-0.2, -0.15) is 0 Å². The van der Waals surface area contributed by atoms with Crippen molar-refractivity contribution in [2.75, 3.05) is 13.2 Å². The standard InChI is InChI=1S/C5H9N3O/c6-2-5-9-8-4-1-3-7-8/h1,3-4H,2,5-6H2. The van der Waals surface area contributed by atoms with Gasteiger partial charge in [-0.3, -0.25) is 0 Å². The van der Waals surface area contributed by atoms with Crippen LogP contribution >= 0.6 is 0 Å². The van der Waals surface area contributed by atoms with Crippen LogP contribution in [0.25, 0.3) is 0 Å². The van der Waals surface area contributed by atoms with E-state index in [-0.39, 0.29) is 0 Å². The van der Waals surface area contributed by atoms with Gasteiger partial charge in [0.25, 0.3) is 0 Å². The fourth-order valence-electron chi connectivity index (χ4n) is 0.477. The van der Waals surface area contributed by atoms with E-state index in [1.807, 2.05) is 0 Å². The summed E-state index contributed by atoms with van der Waals surface area (Å²) in [6.45, 7) is 1.02. The highest BCUT2D eigenvalue weighted by Gasteiger charge is 1.84. The Morgan fingerprint density at radius 1 is 1.67 bits per heavy atom. The molecule has 0 bridgehead atoms.